The summed E-state index contributed by atoms with van der Waals surface area (Å²) in [5.41, 5.74) is 7.24. The van der Waals surface area contributed by atoms with Crippen molar-refractivity contribution in [3.05, 3.63) is 41.3 Å². The van der Waals surface area contributed by atoms with Gasteiger partial charge in [0.05, 0.1) is 15.1 Å². The molecule has 0 saturated carbocycles. The van der Waals surface area contributed by atoms with E-state index in [0.29, 0.717) is 5.88 Å². The molecule has 0 radical (unpaired) electrons. The summed E-state index contributed by atoms with van der Waals surface area (Å²) in [7, 11) is 0. The molecule has 0 aliphatic heterocycles. The molecule has 0 atom stereocenters. The van der Waals surface area contributed by atoms with E-state index in [-0.39, 0.29) is 0 Å². The molecular formula is C14H12N2O2S2. The molecule has 3 N–H and O–H groups in total. The molecule has 4 nitrogen and oxygen atoms in total. The number of aromatic nitrogens is 1. The maximum absolute atomic E-state index is 11.0. The molecule has 1 aromatic carbocycles. The summed E-state index contributed by atoms with van der Waals surface area (Å²) in [6.07, 6.45) is -0.814. The Bertz CT molecular complexity index is 776. The average molecular weight is 304 g/mol. The second kappa shape index (κ2) is 5.22. The number of ether oxygens (including phenoxy) is 1. The highest BCUT2D eigenvalue weighted by molar-refractivity contribution is 7.99. The van der Waals surface area contributed by atoms with Gasteiger partial charge in [-0.1, -0.05) is 30.0 Å². The number of fused-ring (bicyclic) bond motifs is 1. The number of aryl methyl sites for hydroxylation is 1. The second-order valence-electron chi connectivity index (χ2n) is 4.24. The van der Waals surface area contributed by atoms with Gasteiger partial charge in [0, 0.05) is 4.90 Å². The summed E-state index contributed by atoms with van der Waals surface area (Å²) in [5.74, 6) is 0.410. The SMILES string of the molecule is Cc1ccccc1Sc1c(OC(N)=O)[nH]c2ccsc12. The summed E-state index contributed by atoms with van der Waals surface area (Å²) >= 11 is 3.17. The molecule has 0 spiro atoms. The molecule has 20 heavy (non-hydrogen) atoms. The number of primary amides is 1. The van der Waals surface area contributed by atoms with Crippen molar-refractivity contribution in [1.82, 2.24) is 4.98 Å². The Hall–Kier alpha value is -1.92. The molecule has 3 aromatic rings. The van der Waals surface area contributed by atoms with Crippen LogP contribution in [0.15, 0.2) is 45.5 Å². The smallest absolute Gasteiger partial charge is 0.392 e. The van der Waals surface area contributed by atoms with Gasteiger partial charge in [-0.15, -0.1) is 11.3 Å². The van der Waals surface area contributed by atoms with Crippen molar-refractivity contribution < 1.29 is 9.53 Å². The Kier molecular flexibility index (Phi) is 3.42. The second-order valence-corrected chi connectivity index (χ2v) is 6.20. The van der Waals surface area contributed by atoms with Crippen molar-refractivity contribution in [2.45, 2.75) is 16.7 Å². The van der Waals surface area contributed by atoms with Crippen LogP contribution in [0.5, 0.6) is 5.88 Å². The van der Waals surface area contributed by atoms with Gasteiger partial charge in [-0.25, -0.2) is 4.79 Å². The first-order valence-corrected chi connectivity index (χ1v) is 7.64. The Balaban J connectivity index is 2.06. The minimum Gasteiger partial charge on any atom is -0.392 e. The van der Waals surface area contributed by atoms with Crippen molar-refractivity contribution in [3.63, 3.8) is 0 Å². The number of carbonyl (C=O) groups excluding carboxylic acids is 1. The van der Waals surface area contributed by atoms with Gasteiger partial charge in [-0.05, 0) is 30.0 Å². The van der Waals surface area contributed by atoms with Crippen LogP contribution in [0.25, 0.3) is 10.2 Å². The number of nitrogens with two attached hydrogens (primary N) is 1. The molecule has 1 amide bonds. The third-order valence-corrected chi connectivity index (χ3v) is 5.17. The van der Waals surface area contributed by atoms with Crippen LogP contribution in [0.3, 0.4) is 0 Å². The fourth-order valence-corrected chi connectivity index (χ4v) is 3.95. The predicted molar refractivity (Wildman–Crippen MR) is 81.7 cm³/mol. The number of hydrogen-bond acceptors (Lipinski definition) is 4. The third kappa shape index (κ3) is 2.39. The number of aromatic amines is 1. The average Bonchev–Trinajstić information content (AvgIpc) is 2.95. The van der Waals surface area contributed by atoms with Crippen LogP contribution < -0.4 is 10.5 Å². The Labute approximate surface area is 123 Å². The highest BCUT2D eigenvalue weighted by Gasteiger charge is 2.17. The van der Waals surface area contributed by atoms with Gasteiger partial charge in [0.2, 0.25) is 5.88 Å². The fourth-order valence-electron chi connectivity index (χ4n) is 1.91. The van der Waals surface area contributed by atoms with Crippen LogP contribution in [0.2, 0.25) is 0 Å². The quantitative estimate of drug-likeness (QED) is 0.764. The van der Waals surface area contributed by atoms with E-state index in [0.717, 1.165) is 20.0 Å². The van der Waals surface area contributed by atoms with E-state index in [4.69, 9.17) is 10.5 Å². The van der Waals surface area contributed by atoms with E-state index in [9.17, 15) is 4.79 Å². The number of rotatable bonds is 3. The first kappa shape index (κ1) is 13.1. The lowest BCUT2D eigenvalue weighted by Crippen LogP contribution is -2.16. The molecule has 0 fully saturated rings. The molecule has 0 saturated heterocycles. The van der Waals surface area contributed by atoms with Gasteiger partial charge < -0.3 is 15.5 Å². The van der Waals surface area contributed by atoms with E-state index < -0.39 is 6.09 Å². The number of carbonyl (C=O) groups is 1. The summed E-state index contributed by atoms with van der Waals surface area (Å²) in [6.45, 7) is 2.05. The largest absolute Gasteiger partial charge is 0.411 e. The van der Waals surface area contributed by atoms with Crippen molar-refractivity contribution in [3.8, 4) is 5.88 Å². The first-order valence-electron chi connectivity index (χ1n) is 5.95. The Morgan fingerprint density at radius 2 is 2.15 bits per heavy atom. The van der Waals surface area contributed by atoms with Crippen molar-refractivity contribution in [2.24, 2.45) is 5.73 Å². The highest BCUT2D eigenvalue weighted by atomic mass is 32.2. The van der Waals surface area contributed by atoms with Crippen molar-refractivity contribution in [2.75, 3.05) is 0 Å². The number of H-pyrrole nitrogens is 1. The standard InChI is InChI=1S/C14H12N2O2S2/c1-8-4-2-3-5-10(8)20-12-11-9(6-7-19-11)16-13(12)18-14(15)17/h2-7,16H,1H3,(H2,15,17). The van der Waals surface area contributed by atoms with Crippen LogP contribution in [0.1, 0.15) is 5.56 Å². The maximum Gasteiger partial charge on any atom is 0.411 e. The van der Waals surface area contributed by atoms with Gasteiger partial charge in [-0.2, -0.15) is 0 Å². The topological polar surface area (TPSA) is 68.1 Å². The van der Waals surface area contributed by atoms with Crippen molar-refractivity contribution >= 4 is 39.4 Å². The van der Waals surface area contributed by atoms with E-state index in [1.165, 1.54) is 5.56 Å². The van der Waals surface area contributed by atoms with Crippen LogP contribution in [-0.2, 0) is 0 Å². The van der Waals surface area contributed by atoms with E-state index in [1.807, 2.05) is 29.6 Å². The van der Waals surface area contributed by atoms with Gasteiger partial charge in [0.1, 0.15) is 0 Å². The number of thiophene rings is 1. The third-order valence-electron chi connectivity index (χ3n) is 2.83. The highest BCUT2D eigenvalue weighted by Crippen LogP contribution is 2.43. The zero-order valence-corrected chi connectivity index (χ0v) is 12.3. The molecular weight excluding hydrogens is 292 g/mol. The fraction of sp³-hybridized carbons (Fsp3) is 0.0714. The normalized spacial score (nSPS) is 10.8. The molecule has 2 aromatic heterocycles. The number of nitrogens with one attached hydrogen (secondary N) is 1. The van der Waals surface area contributed by atoms with Crippen LogP contribution in [-0.4, -0.2) is 11.1 Å². The van der Waals surface area contributed by atoms with E-state index >= 15 is 0 Å². The summed E-state index contributed by atoms with van der Waals surface area (Å²) in [5, 5.41) is 2.00. The Morgan fingerprint density at radius 1 is 1.35 bits per heavy atom. The van der Waals surface area contributed by atoms with Crippen LogP contribution in [0.4, 0.5) is 4.79 Å². The maximum atomic E-state index is 11.0. The van der Waals surface area contributed by atoms with Gasteiger partial charge in [-0.3, -0.25) is 0 Å². The number of benzene rings is 1. The summed E-state index contributed by atoms with van der Waals surface area (Å²) < 4.78 is 6.13. The molecule has 0 bridgehead atoms. The lowest BCUT2D eigenvalue weighted by Gasteiger charge is -2.06. The molecule has 2 heterocycles. The minimum absolute atomic E-state index is 0.410. The monoisotopic (exact) mass is 304 g/mol. The molecule has 0 aliphatic rings. The molecule has 0 aliphatic carbocycles. The lowest BCUT2D eigenvalue weighted by molar-refractivity contribution is 0.208. The van der Waals surface area contributed by atoms with Crippen LogP contribution in [0, 0.1) is 6.92 Å². The zero-order valence-electron chi connectivity index (χ0n) is 10.7. The van der Waals surface area contributed by atoms with E-state index in [1.54, 1.807) is 23.1 Å². The van der Waals surface area contributed by atoms with Crippen molar-refractivity contribution in [1.29, 1.82) is 0 Å². The summed E-state index contributed by atoms with van der Waals surface area (Å²) in [4.78, 5) is 16.1. The van der Waals surface area contributed by atoms with Gasteiger partial charge >= 0.3 is 6.09 Å². The molecule has 3 rings (SSSR count). The van der Waals surface area contributed by atoms with Crippen LogP contribution >= 0.6 is 23.1 Å². The summed E-state index contributed by atoms with van der Waals surface area (Å²) in [6, 6.07) is 10.0. The molecule has 6 heteroatoms. The van der Waals surface area contributed by atoms with E-state index in [2.05, 4.69) is 18.0 Å². The van der Waals surface area contributed by atoms with Gasteiger partial charge in [0.25, 0.3) is 0 Å². The first-order chi connectivity index (χ1) is 9.65. The Morgan fingerprint density at radius 3 is 2.90 bits per heavy atom. The number of amides is 1. The molecule has 102 valence electrons. The predicted octanol–water partition coefficient (Wildman–Crippen LogP) is 4.15. The van der Waals surface area contributed by atoms with Gasteiger partial charge in [0.15, 0.2) is 0 Å². The zero-order chi connectivity index (χ0) is 14.1. The number of hydrogen-bond donors (Lipinski definition) is 2. The minimum atomic E-state index is -0.814. The lowest BCUT2D eigenvalue weighted by atomic mass is 10.2. The molecule has 0 unspecified atom stereocenters.